The summed E-state index contributed by atoms with van der Waals surface area (Å²) in [6, 6.07) is 16.8. The van der Waals surface area contributed by atoms with Gasteiger partial charge in [0.25, 0.3) is 0 Å². The second-order valence-corrected chi connectivity index (χ2v) is 10.2. The van der Waals surface area contributed by atoms with Crippen LogP contribution in [-0.2, 0) is 22.6 Å². The largest absolute Gasteiger partial charge is 0.489 e. The van der Waals surface area contributed by atoms with E-state index in [0.717, 1.165) is 24.0 Å². The lowest BCUT2D eigenvalue weighted by Gasteiger charge is -2.28. The molecule has 2 rings (SSSR count). The van der Waals surface area contributed by atoms with Gasteiger partial charge in [0.15, 0.2) is 0 Å². The molecule has 198 valence electrons. The van der Waals surface area contributed by atoms with Crippen LogP contribution in [0.5, 0.6) is 5.75 Å². The molecule has 2 aromatic rings. The highest BCUT2D eigenvalue weighted by molar-refractivity contribution is 5.78. The van der Waals surface area contributed by atoms with Gasteiger partial charge in [-0.3, -0.25) is 4.79 Å². The van der Waals surface area contributed by atoms with Crippen LogP contribution in [0.25, 0.3) is 0 Å². The van der Waals surface area contributed by atoms with E-state index in [2.05, 4.69) is 17.6 Å². The third-order valence-electron chi connectivity index (χ3n) is 5.64. The van der Waals surface area contributed by atoms with Crippen molar-refractivity contribution in [3.8, 4) is 5.75 Å². The Hall–Kier alpha value is -3.06. The van der Waals surface area contributed by atoms with Crippen molar-refractivity contribution >= 4 is 12.0 Å². The van der Waals surface area contributed by atoms with Crippen LogP contribution in [0.2, 0.25) is 0 Å². The number of aliphatic hydroxyl groups is 1. The van der Waals surface area contributed by atoms with Gasteiger partial charge in [0.2, 0.25) is 5.91 Å². The van der Waals surface area contributed by atoms with Gasteiger partial charge in [-0.05, 0) is 63.3 Å². The third-order valence-corrected chi connectivity index (χ3v) is 5.64. The molecule has 0 saturated carbocycles. The van der Waals surface area contributed by atoms with E-state index in [4.69, 9.17) is 9.47 Å². The number of rotatable bonds is 13. The van der Waals surface area contributed by atoms with E-state index in [0.29, 0.717) is 25.3 Å². The Labute approximate surface area is 215 Å². The molecule has 7 heteroatoms. The minimum atomic E-state index is -0.946. The maximum Gasteiger partial charge on any atom is 0.407 e. The summed E-state index contributed by atoms with van der Waals surface area (Å²) in [6.45, 7) is 10.3. The maximum absolute atomic E-state index is 12.5. The normalized spacial score (nSPS) is 13.8. The molecule has 2 amide bonds. The smallest absolute Gasteiger partial charge is 0.407 e. The lowest BCUT2D eigenvalue weighted by Crippen LogP contribution is -2.48. The lowest BCUT2D eigenvalue weighted by molar-refractivity contribution is -0.125. The van der Waals surface area contributed by atoms with Gasteiger partial charge >= 0.3 is 6.09 Å². The third kappa shape index (κ3) is 11.1. The molecule has 3 atom stereocenters. The van der Waals surface area contributed by atoms with Crippen molar-refractivity contribution in [1.82, 2.24) is 10.6 Å². The summed E-state index contributed by atoms with van der Waals surface area (Å²) < 4.78 is 11.4. The molecular weight excluding hydrogens is 456 g/mol. The van der Waals surface area contributed by atoms with Gasteiger partial charge in [0, 0.05) is 12.5 Å². The first kappa shape index (κ1) is 29.2. The number of amides is 2. The average molecular weight is 499 g/mol. The van der Waals surface area contributed by atoms with E-state index in [1.54, 1.807) is 27.7 Å². The second-order valence-electron chi connectivity index (χ2n) is 10.2. The maximum atomic E-state index is 12.5. The first-order valence-corrected chi connectivity index (χ1v) is 12.8. The summed E-state index contributed by atoms with van der Waals surface area (Å²) >= 11 is 0. The zero-order chi connectivity index (χ0) is 26.6. The van der Waals surface area contributed by atoms with Crippen LogP contribution in [-0.4, -0.2) is 41.4 Å². The molecule has 0 heterocycles. The molecule has 0 fully saturated rings. The fraction of sp³-hybridized carbons (Fsp3) is 0.517. The molecule has 0 aliphatic carbocycles. The first-order chi connectivity index (χ1) is 17.1. The summed E-state index contributed by atoms with van der Waals surface area (Å²) in [4.78, 5) is 25.0. The summed E-state index contributed by atoms with van der Waals surface area (Å²) in [5.41, 5.74) is 1.28. The van der Waals surface area contributed by atoms with Crippen LogP contribution in [0.1, 0.15) is 65.0 Å². The van der Waals surface area contributed by atoms with E-state index in [9.17, 15) is 14.7 Å². The SMILES string of the molecule is CCCCNC(=O)C(C)CC(O)C(Cc1cccc(OCc2ccccc2)c1)NC(=O)OC(C)(C)C. The Morgan fingerprint density at radius 1 is 1.03 bits per heavy atom. The molecule has 0 aliphatic rings. The molecule has 0 aromatic heterocycles. The number of alkyl carbamates (subject to hydrolysis) is 1. The number of unbranched alkanes of at least 4 members (excludes halogenated alkanes) is 1. The quantitative estimate of drug-likeness (QED) is 0.338. The van der Waals surface area contributed by atoms with Crippen molar-refractivity contribution in [3.05, 3.63) is 65.7 Å². The van der Waals surface area contributed by atoms with Gasteiger partial charge in [-0.15, -0.1) is 0 Å². The molecular formula is C29H42N2O5. The Morgan fingerprint density at radius 3 is 2.39 bits per heavy atom. The van der Waals surface area contributed by atoms with E-state index in [1.807, 2.05) is 54.6 Å². The van der Waals surface area contributed by atoms with Crippen molar-refractivity contribution in [1.29, 1.82) is 0 Å². The number of benzene rings is 2. The highest BCUT2D eigenvalue weighted by atomic mass is 16.6. The molecule has 0 bridgehead atoms. The van der Waals surface area contributed by atoms with Crippen LogP contribution in [0.15, 0.2) is 54.6 Å². The summed E-state index contributed by atoms with van der Waals surface area (Å²) in [6.07, 6.45) is 0.914. The van der Waals surface area contributed by atoms with E-state index >= 15 is 0 Å². The van der Waals surface area contributed by atoms with E-state index in [-0.39, 0.29) is 12.3 Å². The van der Waals surface area contributed by atoms with Crippen LogP contribution in [0.3, 0.4) is 0 Å². The molecule has 0 aliphatic heterocycles. The molecule has 0 radical (unpaired) electrons. The van der Waals surface area contributed by atoms with Crippen molar-refractivity contribution in [2.75, 3.05) is 6.54 Å². The molecule has 3 N–H and O–H groups in total. The number of carbonyl (C=O) groups is 2. The van der Waals surface area contributed by atoms with Gasteiger partial charge in [-0.2, -0.15) is 0 Å². The first-order valence-electron chi connectivity index (χ1n) is 12.8. The number of aliphatic hydroxyl groups excluding tert-OH is 1. The van der Waals surface area contributed by atoms with Gasteiger partial charge in [0.05, 0.1) is 12.1 Å². The van der Waals surface area contributed by atoms with Gasteiger partial charge in [0.1, 0.15) is 18.0 Å². The fourth-order valence-corrected chi connectivity index (χ4v) is 3.70. The number of hydrogen-bond donors (Lipinski definition) is 3. The van der Waals surface area contributed by atoms with Crippen LogP contribution in [0, 0.1) is 5.92 Å². The van der Waals surface area contributed by atoms with Crippen LogP contribution in [0.4, 0.5) is 4.79 Å². The molecule has 0 saturated heterocycles. The van der Waals surface area contributed by atoms with Crippen molar-refractivity contribution < 1.29 is 24.2 Å². The summed E-state index contributed by atoms with van der Waals surface area (Å²) in [5.74, 6) is 0.195. The molecule has 0 spiro atoms. The molecule has 36 heavy (non-hydrogen) atoms. The molecule has 7 nitrogen and oxygen atoms in total. The summed E-state index contributed by atoms with van der Waals surface area (Å²) in [7, 11) is 0. The fourth-order valence-electron chi connectivity index (χ4n) is 3.70. The van der Waals surface area contributed by atoms with E-state index < -0.39 is 29.8 Å². The molecule has 3 unspecified atom stereocenters. The minimum Gasteiger partial charge on any atom is -0.489 e. The van der Waals surface area contributed by atoms with E-state index in [1.165, 1.54) is 0 Å². The Kier molecular flexibility index (Phi) is 11.7. The minimum absolute atomic E-state index is 0.102. The average Bonchev–Trinajstić information content (AvgIpc) is 2.82. The van der Waals surface area contributed by atoms with Gasteiger partial charge in [-0.25, -0.2) is 4.79 Å². The Morgan fingerprint density at radius 2 is 1.72 bits per heavy atom. The van der Waals surface area contributed by atoms with Crippen molar-refractivity contribution in [3.63, 3.8) is 0 Å². The monoisotopic (exact) mass is 498 g/mol. The number of nitrogens with one attached hydrogen (secondary N) is 2. The standard InChI is InChI=1S/C29H42N2O5/c1-6-7-16-30-27(33)21(2)17-26(32)25(31-28(34)36-29(3,4)5)19-23-14-11-15-24(18-23)35-20-22-12-9-8-10-13-22/h8-15,18,21,25-26,32H,6-7,16-17,19-20H2,1-5H3,(H,30,33)(H,31,34). The second kappa shape index (κ2) is 14.5. The zero-order valence-electron chi connectivity index (χ0n) is 22.3. The highest BCUT2D eigenvalue weighted by Gasteiger charge is 2.28. The van der Waals surface area contributed by atoms with Crippen LogP contribution >= 0.6 is 0 Å². The van der Waals surface area contributed by atoms with Crippen molar-refractivity contribution in [2.45, 2.75) is 84.7 Å². The van der Waals surface area contributed by atoms with Crippen molar-refractivity contribution in [2.24, 2.45) is 5.92 Å². The van der Waals surface area contributed by atoms with Gasteiger partial charge in [-0.1, -0.05) is 62.7 Å². The molecule has 2 aromatic carbocycles. The zero-order valence-corrected chi connectivity index (χ0v) is 22.3. The predicted molar refractivity (Wildman–Crippen MR) is 142 cm³/mol. The topological polar surface area (TPSA) is 96.9 Å². The number of ether oxygens (including phenoxy) is 2. The lowest BCUT2D eigenvalue weighted by atomic mass is 9.93. The van der Waals surface area contributed by atoms with Gasteiger partial charge < -0.3 is 25.2 Å². The summed E-state index contributed by atoms with van der Waals surface area (Å²) in [5, 5.41) is 16.8. The Balaban J connectivity index is 2.08. The highest BCUT2D eigenvalue weighted by Crippen LogP contribution is 2.20. The number of carbonyl (C=O) groups excluding carboxylic acids is 2. The van der Waals surface area contributed by atoms with Crippen LogP contribution < -0.4 is 15.4 Å². The predicted octanol–water partition coefficient (Wildman–Crippen LogP) is 5.00. The number of hydrogen-bond acceptors (Lipinski definition) is 5. The Bertz CT molecular complexity index is 942.